The normalized spacial score (nSPS) is 10.7. The lowest BCUT2D eigenvalue weighted by molar-refractivity contribution is -0.117. The summed E-state index contributed by atoms with van der Waals surface area (Å²) in [5.74, 6) is -0.180. The van der Waals surface area contributed by atoms with Crippen molar-refractivity contribution in [2.24, 2.45) is 0 Å². The quantitative estimate of drug-likeness (QED) is 0.771. The van der Waals surface area contributed by atoms with Crippen LogP contribution in [0.3, 0.4) is 0 Å². The van der Waals surface area contributed by atoms with Crippen LogP contribution in [0.4, 0.5) is 11.4 Å². The first-order valence-electron chi connectivity index (χ1n) is 7.82. The van der Waals surface area contributed by atoms with Gasteiger partial charge in [-0.05, 0) is 47.9 Å². The highest BCUT2D eigenvalue weighted by atomic mass is 35.5. The Balaban J connectivity index is 1.70. The molecule has 3 aromatic rings. The van der Waals surface area contributed by atoms with Crippen molar-refractivity contribution in [1.29, 1.82) is 0 Å². The van der Waals surface area contributed by atoms with Gasteiger partial charge in [0.2, 0.25) is 11.8 Å². The summed E-state index contributed by atoms with van der Waals surface area (Å²) in [5, 5.41) is 4.53. The van der Waals surface area contributed by atoms with Crippen molar-refractivity contribution in [3.63, 3.8) is 0 Å². The molecule has 0 aliphatic carbocycles. The Morgan fingerprint density at radius 1 is 1.12 bits per heavy atom. The van der Waals surface area contributed by atoms with Crippen molar-refractivity contribution in [3.8, 4) is 0 Å². The zero-order chi connectivity index (χ0) is 18.0. The molecule has 5 nitrogen and oxygen atoms in total. The molecular formula is C19H18ClN3O2. The van der Waals surface area contributed by atoms with Crippen LogP contribution in [0.2, 0.25) is 5.02 Å². The first-order valence-corrected chi connectivity index (χ1v) is 8.20. The molecule has 128 valence electrons. The number of hydrogen-bond acceptors (Lipinski definition) is 2. The van der Waals surface area contributed by atoms with E-state index in [0.29, 0.717) is 10.7 Å². The molecule has 25 heavy (non-hydrogen) atoms. The Labute approximate surface area is 150 Å². The average Bonchev–Trinajstić information content (AvgIpc) is 2.97. The Hall–Kier alpha value is -2.79. The third kappa shape index (κ3) is 3.83. The van der Waals surface area contributed by atoms with E-state index in [9.17, 15) is 9.59 Å². The Kier molecular flexibility index (Phi) is 4.76. The van der Waals surface area contributed by atoms with Crippen LogP contribution in [0.25, 0.3) is 10.9 Å². The van der Waals surface area contributed by atoms with Crippen molar-refractivity contribution >= 4 is 45.7 Å². The van der Waals surface area contributed by atoms with Gasteiger partial charge in [0.15, 0.2) is 0 Å². The standard InChI is InChI=1S/C19H18ClN3O2/c1-13(24)22(2)17-7-5-16(6-8-17)21-19(25)12-23-10-9-14-3-4-15(20)11-18(14)23/h3-11H,12H2,1-2H3,(H,21,25). The molecule has 2 amide bonds. The second-order valence-corrected chi connectivity index (χ2v) is 6.26. The average molecular weight is 356 g/mol. The van der Waals surface area contributed by atoms with Crippen molar-refractivity contribution in [1.82, 2.24) is 4.57 Å². The summed E-state index contributed by atoms with van der Waals surface area (Å²) in [6.07, 6.45) is 1.87. The summed E-state index contributed by atoms with van der Waals surface area (Å²) < 4.78 is 1.86. The highest BCUT2D eigenvalue weighted by Crippen LogP contribution is 2.21. The predicted octanol–water partition coefficient (Wildman–Crippen LogP) is 3.92. The Bertz CT molecular complexity index is 931. The predicted molar refractivity (Wildman–Crippen MR) is 101 cm³/mol. The van der Waals surface area contributed by atoms with Crippen molar-refractivity contribution in [3.05, 3.63) is 59.8 Å². The van der Waals surface area contributed by atoms with Gasteiger partial charge in [0.05, 0.1) is 0 Å². The van der Waals surface area contributed by atoms with Gasteiger partial charge in [-0.2, -0.15) is 0 Å². The maximum Gasteiger partial charge on any atom is 0.244 e. The van der Waals surface area contributed by atoms with E-state index >= 15 is 0 Å². The van der Waals surface area contributed by atoms with Crippen LogP contribution >= 0.6 is 11.6 Å². The Morgan fingerprint density at radius 2 is 1.84 bits per heavy atom. The topological polar surface area (TPSA) is 54.3 Å². The maximum atomic E-state index is 12.3. The van der Waals surface area contributed by atoms with E-state index in [-0.39, 0.29) is 18.4 Å². The zero-order valence-electron chi connectivity index (χ0n) is 14.0. The van der Waals surface area contributed by atoms with Gasteiger partial charge in [0, 0.05) is 42.1 Å². The fourth-order valence-electron chi connectivity index (χ4n) is 2.60. The van der Waals surface area contributed by atoms with Gasteiger partial charge in [-0.25, -0.2) is 0 Å². The van der Waals surface area contributed by atoms with Crippen LogP contribution in [0.15, 0.2) is 54.7 Å². The molecule has 0 fully saturated rings. The molecule has 1 heterocycles. The fraction of sp³-hybridized carbons (Fsp3) is 0.158. The molecule has 0 bridgehead atoms. The van der Waals surface area contributed by atoms with E-state index in [2.05, 4.69) is 5.32 Å². The molecular weight excluding hydrogens is 338 g/mol. The number of hydrogen-bond donors (Lipinski definition) is 1. The second-order valence-electron chi connectivity index (χ2n) is 5.82. The zero-order valence-corrected chi connectivity index (χ0v) is 14.7. The molecule has 0 saturated carbocycles. The number of carbonyl (C=O) groups is 2. The lowest BCUT2D eigenvalue weighted by Gasteiger charge is -2.15. The molecule has 0 aliphatic heterocycles. The summed E-state index contributed by atoms with van der Waals surface area (Å²) in [6, 6.07) is 14.7. The van der Waals surface area contributed by atoms with Crippen LogP contribution in [-0.2, 0) is 16.1 Å². The van der Waals surface area contributed by atoms with Gasteiger partial charge in [-0.1, -0.05) is 17.7 Å². The molecule has 0 saturated heterocycles. The van der Waals surface area contributed by atoms with Gasteiger partial charge in [-0.15, -0.1) is 0 Å². The number of aromatic nitrogens is 1. The van der Waals surface area contributed by atoms with Crippen molar-refractivity contribution in [2.45, 2.75) is 13.5 Å². The maximum absolute atomic E-state index is 12.3. The number of carbonyl (C=O) groups excluding carboxylic acids is 2. The van der Waals surface area contributed by atoms with Gasteiger partial charge in [0.25, 0.3) is 0 Å². The highest BCUT2D eigenvalue weighted by Gasteiger charge is 2.09. The van der Waals surface area contributed by atoms with Crippen LogP contribution in [0.1, 0.15) is 6.92 Å². The molecule has 6 heteroatoms. The van der Waals surface area contributed by atoms with E-state index < -0.39 is 0 Å². The summed E-state index contributed by atoms with van der Waals surface area (Å²) in [4.78, 5) is 25.2. The van der Waals surface area contributed by atoms with E-state index in [4.69, 9.17) is 11.6 Å². The van der Waals surface area contributed by atoms with E-state index in [1.54, 1.807) is 36.2 Å². The molecule has 3 rings (SSSR count). The van der Waals surface area contributed by atoms with E-state index in [1.807, 2.05) is 35.0 Å². The molecule has 2 aromatic carbocycles. The molecule has 0 atom stereocenters. The van der Waals surface area contributed by atoms with Gasteiger partial charge >= 0.3 is 0 Å². The molecule has 1 aromatic heterocycles. The molecule has 0 radical (unpaired) electrons. The summed E-state index contributed by atoms with van der Waals surface area (Å²) in [7, 11) is 1.71. The third-order valence-corrected chi connectivity index (χ3v) is 4.30. The minimum atomic E-state index is -0.134. The first-order chi connectivity index (χ1) is 11.9. The highest BCUT2D eigenvalue weighted by molar-refractivity contribution is 6.31. The number of anilines is 2. The fourth-order valence-corrected chi connectivity index (χ4v) is 2.77. The van der Waals surface area contributed by atoms with E-state index in [1.165, 1.54) is 6.92 Å². The molecule has 0 unspecified atom stereocenters. The number of halogens is 1. The molecule has 0 spiro atoms. The molecule has 1 N–H and O–H groups in total. The Morgan fingerprint density at radius 3 is 2.52 bits per heavy atom. The van der Waals surface area contributed by atoms with Crippen molar-refractivity contribution < 1.29 is 9.59 Å². The van der Waals surface area contributed by atoms with Crippen LogP contribution in [0.5, 0.6) is 0 Å². The summed E-state index contributed by atoms with van der Waals surface area (Å²) in [6.45, 7) is 1.70. The lowest BCUT2D eigenvalue weighted by atomic mass is 10.2. The van der Waals surface area contributed by atoms with Crippen LogP contribution in [-0.4, -0.2) is 23.4 Å². The largest absolute Gasteiger partial charge is 0.338 e. The first kappa shape index (κ1) is 17.0. The summed E-state index contributed by atoms with van der Waals surface area (Å²) >= 11 is 6.03. The second kappa shape index (κ2) is 6.99. The third-order valence-electron chi connectivity index (χ3n) is 4.06. The smallest absolute Gasteiger partial charge is 0.244 e. The van der Waals surface area contributed by atoms with E-state index in [0.717, 1.165) is 16.6 Å². The minimum Gasteiger partial charge on any atom is -0.338 e. The van der Waals surface area contributed by atoms with Gasteiger partial charge in [-0.3, -0.25) is 9.59 Å². The number of nitrogens with zero attached hydrogens (tertiary/aromatic N) is 2. The number of rotatable bonds is 4. The SMILES string of the molecule is CC(=O)N(C)c1ccc(NC(=O)Cn2ccc3ccc(Cl)cc32)cc1. The van der Waals surface area contributed by atoms with Gasteiger partial charge < -0.3 is 14.8 Å². The summed E-state index contributed by atoms with van der Waals surface area (Å²) in [5.41, 5.74) is 2.37. The number of benzene rings is 2. The number of nitrogens with one attached hydrogen (secondary N) is 1. The number of fused-ring (bicyclic) bond motifs is 1. The minimum absolute atomic E-state index is 0.0464. The van der Waals surface area contributed by atoms with Crippen LogP contribution in [0, 0.1) is 0 Å². The number of amides is 2. The van der Waals surface area contributed by atoms with Crippen molar-refractivity contribution in [2.75, 3.05) is 17.3 Å². The molecule has 0 aliphatic rings. The van der Waals surface area contributed by atoms with Gasteiger partial charge in [0.1, 0.15) is 6.54 Å². The van der Waals surface area contributed by atoms with Crippen LogP contribution < -0.4 is 10.2 Å². The monoisotopic (exact) mass is 355 g/mol. The lowest BCUT2D eigenvalue weighted by Crippen LogP contribution is -2.22.